The monoisotopic (exact) mass is 818 g/mol. The highest BCUT2D eigenvalue weighted by Gasteiger charge is 2.14. The number of anilines is 2. The van der Waals surface area contributed by atoms with Gasteiger partial charge >= 0.3 is 0 Å². The summed E-state index contributed by atoms with van der Waals surface area (Å²) >= 11 is 3.61. The van der Waals surface area contributed by atoms with Crippen LogP contribution in [-0.2, 0) is 16.3 Å². The second kappa shape index (κ2) is 22.3. The number of thioether (sulfide) groups is 2. The Labute approximate surface area is 350 Å². The van der Waals surface area contributed by atoms with Crippen LogP contribution in [0.3, 0.4) is 0 Å². The molecule has 4 aromatic carbocycles. The maximum absolute atomic E-state index is 12.6. The van der Waals surface area contributed by atoms with Crippen molar-refractivity contribution >= 4 is 84.4 Å². The van der Waals surface area contributed by atoms with Gasteiger partial charge in [0.2, 0.25) is 5.91 Å². The molecule has 10 nitrogen and oxygen atoms in total. The van der Waals surface area contributed by atoms with Crippen molar-refractivity contribution in [3.63, 3.8) is 0 Å². The molecule has 0 unspecified atom stereocenters. The van der Waals surface area contributed by atoms with Crippen molar-refractivity contribution in [2.45, 2.75) is 56.3 Å². The number of carbonyl (C=O) groups excluding carboxylic acids is 1. The average molecular weight is 819 g/mol. The van der Waals surface area contributed by atoms with Crippen LogP contribution in [0.15, 0.2) is 84.9 Å². The van der Waals surface area contributed by atoms with Crippen molar-refractivity contribution in [1.82, 2.24) is 31.2 Å². The quantitative estimate of drug-likeness (QED) is 0.0763. The summed E-state index contributed by atoms with van der Waals surface area (Å²) in [5.74, 6) is 3.22. The Bertz CT molecular complexity index is 2260. The van der Waals surface area contributed by atoms with E-state index in [2.05, 4.69) is 117 Å². The van der Waals surface area contributed by atoms with Gasteiger partial charge in [-0.25, -0.2) is 9.97 Å². The van der Waals surface area contributed by atoms with E-state index in [-0.39, 0.29) is 12.3 Å². The van der Waals surface area contributed by atoms with E-state index in [9.17, 15) is 9.90 Å². The molecule has 6 aromatic rings. The largest absolute Gasteiger partial charge is 0.384 e. The van der Waals surface area contributed by atoms with Crippen LogP contribution in [0.2, 0.25) is 0 Å². The van der Waals surface area contributed by atoms with Crippen molar-refractivity contribution in [3.8, 4) is 0 Å². The molecule has 306 valence electrons. The zero-order chi connectivity index (χ0) is 39.8. The van der Waals surface area contributed by atoms with Gasteiger partial charge in [-0.15, -0.1) is 0 Å². The number of nitrogens with zero attached hydrogens (tertiary/aromatic N) is 2. The number of aliphatic hydroxyl groups excluding tert-OH is 1. The molecule has 0 aliphatic carbocycles. The van der Waals surface area contributed by atoms with Gasteiger partial charge in [-0.3, -0.25) is 10.1 Å². The van der Waals surface area contributed by atoms with Crippen LogP contribution < -0.4 is 31.9 Å². The number of amides is 1. The Morgan fingerprint density at radius 2 is 1.03 bits per heavy atom. The van der Waals surface area contributed by atoms with Crippen LogP contribution in [-0.4, -0.2) is 91.1 Å². The first kappa shape index (κ1) is 42.0. The van der Waals surface area contributed by atoms with Crippen LogP contribution in [0.5, 0.6) is 0 Å². The Hall–Kier alpha value is -4.17. The SMILES string of the molecule is O=C1CC[C@H](O)NCCSCc2cccc3c(c4ccccc4nc23)NCCCNCCCCNCCCNc2c3ccccc3nc3c(cccc23)CSCCN1. The van der Waals surface area contributed by atoms with Gasteiger partial charge in [0.1, 0.15) is 6.23 Å². The van der Waals surface area contributed by atoms with Gasteiger partial charge in [-0.05, 0) is 81.5 Å². The predicted octanol–water partition coefficient (Wildman–Crippen LogP) is 7.64. The molecule has 12 heteroatoms. The first-order valence-electron chi connectivity index (χ1n) is 21.0. The number of carbonyl (C=O) groups is 1. The molecular formula is C46H58N8O2S2. The third-order valence-electron chi connectivity index (χ3n) is 10.6. The number of nitrogens with one attached hydrogen (secondary N) is 6. The maximum Gasteiger partial charge on any atom is 0.220 e. The molecule has 0 fully saturated rings. The molecule has 0 saturated heterocycles. The van der Waals surface area contributed by atoms with Gasteiger partial charge in [0.25, 0.3) is 0 Å². The lowest BCUT2D eigenvalue weighted by Crippen LogP contribution is -2.33. The van der Waals surface area contributed by atoms with Gasteiger partial charge in [0, 0.05) is 77.2 Å². The molecule has 7 rings (SSSR count). The van der Waals surface area contributed by atoms with Crippen LogP contribution in [0.1, 0.15) is 49.7 Å². The molecule has 0 saturated carbocycles. The fourth-order valence-electron chi connectivity index (χ4n) is 7.55. The van der Waals surface area contributed by atoms with E-state index in [1.165, 1.54) is 11.1 Å². The summed E-state index contributed by atoms with van der Waals surface area (Å²) in [7, 11) is 0. The molecule has 1 aliphatic heterocycles. The number of hydrogen-bond acceptors (Lipinski definition) is 11. The van der Waals surface area contributed by atoms with E-state index in [1.54, 1.807) is 11.8 Å². The fraction of sp³-hybridized carbons (Fsp3) is 0.413. The van der Waals surface area contributed by atoms with Crippen LogP contribution in [0.25, 0.3) is 43.6 Å². The van der Waals surface area contributed by atoms with Gasteiger partial charge < -0.3 is 31.7 Å². The van der Waals surface area contributed by atoms with E-state index >= 15 is 0 Å². The highest BCUT2D eigenvalue weighted by Crippen LogP contribution is 2.35. The van der Waals surface area contributed by atoms with Crippen molar-refractivity contribution < 1.29 is 9.90 Å². The number of benzene rings is 4. The first-order valence-corrected chi connectivity index (χ1v) is 23.3. The lowest BCUT2D eigenvalue weighted by atomic mass is 10.0. The Balaban J connectivity index is 0.961. The number of aromatic nitrogens is 2. The minimum atomic E-state index is -0.724. The third kappa shape index (κ3) is 11.5. The molecule has 3 heterocycles. The van der Waals surface area contributed by atoms with Gasteiger partial charge in [-0.1, -0.05) is 72.8 Å². The highest BCUT2D eigenvalue weighted by atomic mass is 32.2. The summed E-state index contributed by atoms with van der Waals surface area (Å²) in [4.78, 5) is 22.8. The second-order valence-corrected chi connectivity index (χ2v) is 17.1. The summed E-state index contributed by atoms with van der Waals surface area (Å²) in [5.41, 5.74) is 8.77. The van der Waals surface area contributed by atoms with Crippen LogP contribution in [0.4, 0.5) is 11.4 Å². The number of hydrogen-bond donors (Lipinski definition) is 7. The van der Waals surface area contributed by atoms with Crippen molar-refractivity contribution in [2.24, 2.45) is 0 Å². The topological polar surface area (TPSA) is 135 Å². The summed E-state index contributed by atoms with van der Waals surface area (Å²) in [6, 6.07) is 29.7. The van der Waals surface area contributed by atoms with E-state index in [0.29, 0.717) is 19.5 Å². The Morgan fingerprint density at radius 1 is 0.534 bits per heavy atom. The number of para-hydroxylation sites is 4. The number of rotatable bonds is 0. The minimum absolute atomic E-state index is 0.0373. The van der Waals surface area contributed by atoms with E-state index in [1.807, 2.05) is 11.8 Å². The third-order valence-corrected chi connectivity index (χ3v) is 12.6. The molecule has 2 aromatic heterocycles. The summed E-state index contributed by atoms with van der Waals surface area (Å²) in [6.07, 6.45) is 4.30. The molecule has 8 bridgehead atoms. The lowest BCUT2D eigenvalue weighted by Gasteiger charge is -2.16. The zero-order valence-corrected chi connectivity index (χ0v) is 35.1. The smallest absolute Gasteiger partial charge is 0.220 e. The van der Waals surface area contributed by atoms with Crippen molar-refractivity contribution in [3.05, 3.63) is 96.1 Å². The summed E-state index contributed by atoms with van der Waals surface area (Å²) < 4.78 is 0. The average Bonchev–Trinajstić information content (AvgIpc) is 3.24. The zero-order valence-electron chi connectivity index (χ0n) is 33.5. The van der Waals surface area contributed by atoms with Gasteiger partial charge in [-0.2, -0.15) is 23.5 Å². The molecule has 1 atom stereocenters. The lowest BCUT2D eigenvalue weighted by molar-refractivity contribution is -0.121. The molecule has 7 N–H and O–H groups in total. The minimum Gasteiger partial charge on any atom is -0.384 e. The molecular weight excluding hydrogens is 761 g/mol. The Kier molecular flexibility index (Phi) is 16.1. The normalized spacial score (nSPS) is 18.8. The van der Waals surface area contributed by atoms with Crippen molar-refractivity contribution in [1.29, 1.82) is 0 Å². The summed E-state index contributed by atoms with van der Waals surface area (Å²) in [5, 5.41) is 36.2. The Morgan fingerprint density at radius 3 is 1.60 bits per heavy atom. The van der Waals surface area contributed by atoms with Gasteiger partial charge in [0.15, 0.2) is 0 Å². The highest BCUT2D eigenvalue weighted by molar-refractivity contribution is 7.98. The molecule has 0 spiro atoms. The van der Waals surface area contributed by atoms with Crippen LogP contribution in [0, 0.1) is 0 Å². The van der Waals surface area contributed by atoms with Crippen molar-refractivity contribution in [2.75, 3.05) is 74.5 Å². The fourth-order valence-corrected chi connectivity index (χ4v) is 9.25. The van der Waals surface area contributed by atoms with E-state index < -0.39 is 6.23 Å². The number of aliphatic hydroxyl groups is 1. The first-order chi connectivity index (χ1) is 28.7. The van der Waals surface area contributed by atoms with E-state index in [4.69, 9.17) is 9.97 Å². The van der Waals surface area contributed by atoms with Gasteiger partial charge in [0.05, 0.1) is 33.4 Å². The molecule has 58 heavy (non-hydrogen) atoms. The molecule has 1 aliphatic rings. The number of fused-ring (bicyclic) bond motifs is 4. The number of pyridine rings is 2. The standard InChI is InChI=1S/C46H58N8O2S2/c55-41-19-20-42(56)50-28-30-58-32-34-12-8-16-38-44(34)54-40-18-4-2-14-36(40)46(38)52-26-10-24-48-22-6-5-21-47-23-9-25-51-45-35-13-1-3-17-39(35)53-43-33(11-7-15-37(43)45)31-57-29-27-49-41/h1-4,7-8,11-18,41,47-49,51-52,55H,5-6,9-10,19-32H2,(H,50,56)/t41-/m0/s1. The summed E-state index contributed by atoms with van der Waals surface area (Å²) in [6.45, 7) is 6.99. The molecule has 1 amide bonds. The maximum atomic E-state index is 12.6. The molecule has 0 radical (unpaired) electrons. The van der Waals surface area contributed by atoms with E-state index in [0.717, 1.165) is 143 Å². The predicted molar refractivity (Wildman–Crippen MR) is 248 cm³/mol. The van der Waals surface area contributed by atoms with Crippen LogP contribution >= 0.6 is 23.5 Å². The second-order valence-electron chi connectivity index (χ2n) is 14.9.